The van der Waals surface area contributed by atoms with Gasteiger partial charge in [-0.1, -0.05) is 19.6 Å². The summed E-state index contributed by atoms with van der Waals surface area (Å²) in [6, 6.07) is 7.52. The van der Waals surface area contributed by atoms with Gasteiger partial charge < -0.3 is 14.6 Å². The molecule has 0 unspecified atom stereocenters. The van der Waals surface area contributed by atoms with E-state index in [-0.39, 0.29) is 0 Å². The summed E-state index contributed by atoms with van der Waals surface area (Å²) in [5, 5.41) is 9.29. The maximum absolute atomic E-state index is 5.95. The summed E-state index contributed by atoms with van der Waals surface area (Å²) >= 11 is 0. The Morgan fingerprint density at radius 1 is 1.16 bits per heavy atom. The van der Waals surface area contributed by atoms with Gasteiger partial charge in [0, 0.05) is 63.4 Å². The van der Waals surface area contributed by atoms with Crippen LogP contribution in [-0.2, 0) is 11.5 Å². The third kappa shape index (κ3) is 4.68. The molecule has 8 heteroatoms. The van der Waals surface area contributed by atoms with Gasteiger partial charge in [-0.15, -0.1) is 0 Å². The number of fused-ring (bicyclic) bond motifs is 1. The van der Waals surface area contributed by atoms with E-state index in [9.17, 15) is 0 Å². The molecule has 3 aromatic heterocycles. The highest BCUT2D eigenvalue weighted by Gasteiger charge is 2.35. The molecule has 0 aliphatic carbocycles. The number of likely N-dealkylation sites (tertiary alicyclic amines) is 1. The molecule has 0 saturated carbocycles. The number of nitrogens with one attached hydrogen (secondary N) is 1. The maximum Gasteiger partial charge on any atom is 0.142 e. The third-order valence-electron chi connectivity index (χ3n) is 6.70. The first-order valence-electron chi connectivity index (χ1n) is 11.8. The Balaban J connectivity index is 1.25. The molecule has 0 bridgehead atoms. The van der Waals surface area contributed by atoms with Crippen LogP contribution in [-0.4, -0.2) is 71.1 Å². The van der Waals surface area contributed by atoms with Crippen molar-refractivity contribution < 1.29 is 4.74 Å². The summed E-state index contributed by atoms with van der Waals surface area (Å²) in [6.45, 7) is 12.8. The van der Waals surface area contributed by atoms with E-state index in [2.05, 4.69) is 73.7 Å². The smallest absolute Gasteiger partial charge is 0.142 e. The molecule has 0 atom stereocenters. The normalized spacial score (nSPS) is 19.0. The molecule has 171 valence electrons. The molecule has 0 aromatic carbocycles. The van der Waals surface area contributed by atoms with Gasteiger partial charge in [-0.3, -0.25) is 9.58 Å². The Morgan fingerprint density at radius 2 is 1.97 bits per heavy atom. The van der Waals surface area contributed by atoms with Crippen molar-refractivity contribution in [2.45, 2.75) is 51.3 Å². The molecular formula is C24H35N6OSi. The number of hydrogen-bond donors (Lipinski definition) is 1. The summed E-state index contributed by atoms with van der Waals surface area (Å²) in [5.41, 5.74) is 3.29. The molecule has 1 N–H and O–H groups in total. The molecule has 0 spiro atoms. The zero-order chi connectivity index (χ0) is 22.1. The number of nitrogens with zero attached hydrogens (tertiary/aromatic N) is 5. The topological polar surface area (TPSA) is 60.1 Å². The van der Waals surface area contributed by atoms with Crippen LogP contribution < -0.4 is 5.32 Å². The highest BCUT2D eigenvalue weighted by atomic mass is 28.3. The lowest BCUT2D eigenvalue weighted by Crippen LogP contribution is -2.55. The Labute approximate surface area is 191 Å². The van der Waals surface area contributed by atoms with E-state index in [1.807, 2.05) is 12.4 Å². The van der Waals surface area contributed by atoms with Gasteiger partial charge in [0.05, 0.1) is 6.20 Å². The number of aromatic nitrogens is 4. The van der Waals surface area contributed by atoms with Crippen LogP contribution in [0.1, 0.15) is 12.8 Å². The van der Waals surface area contributed by atoms with Crippen LogP contribution in [0.5, 0.6) is 0 Å². The van der Waals surface area contributed by atoms with Crippen molar-refractivity contribution in [1.82, 2.24) is 29.5 Å². The van der Waals surface area contributed by atoms with E-state index >= 15 is 0 Å². The minimum absolute atomic E-state index is 0.550. The van der Waals surface area contributed by atoms with Crippen molar-refractivity contribution in [3.63, 3.8) is 0 Å². The van der Waals surface area contributed by atoms with Gasteiger partial charge >= 0.3 is 0 Å². The van der Waals surface area contributed by atoms with E-state index in [0.29, 0.717) is 6.73 Å². The van der Waals surface area contributed by atoms with Crippen molar-refractivity contribution in [3.05, 3.63) is 43.0 Å². The van der Waals surface area contributed by atoms with E-state index in [1.165, 1.54) is 30.5 Å². The van der Waals surface area contributed by atoms with E-state index in [0.717, 1.165) is 55.4 Å². The molecule has 2 saturated heterocycles. The SMILES string of the molecule is C[Si](C)(C)CCOCn1ccc2c(-c3cnn([C]4CN(C5CCNCC5)C4)c3)ccnc21. The van der Waals surface area contributed by atoms with Crippen molar-refractivity contribution in [2.75, 3.05) is 32.8 Å². The summed E-state index contributed by atoms with van der Waals surface area (Å²) in [4.78, 5) is 7.22. The van der Waals surface area contributed by atoms with Gasteiger partial charge in [0.25, 0.3) is 0 Å². The third-order valence-corrected chi connectivity index (χ3v) is 8.41. The van der Waals surface area contributed by atoms with Gasteiger partial charge in [0.2, 0.25) is 0 Å². The fourth-order valence-electron chi connectivity index (χ4n) is 4.62. The Bertz CT molecular complexity index is 1040. The number of rotatable bonds is 8. The van der Waals surface area contributed by atoms with Crippen LogP contribution in [0.15, 0.2) is 36.9 Å². The van der Waals surface area contributed by atoms with Crippen LogP contribution in [0.3, 0.4) is 0 Å². The molecule has 3 aromatic rings. The minimum Gasteiger partial charge on any atom is -0.361 e. The first-order chi connectivity index (χ1) is 15.5. The molecule has 7 nitrogen and oxygen atoms in total. The minimum atomic E-state index is -1.07. The summed E-state index contributed by atoms with van der Waals surface area (Å²) in [5.74, 6) is 0. The highest BCUT2D eigenvalue weighted by Crippen LogP contribution is 2.31. The van der Waals surface area contributed by atoms with Crippen LogP contribution >= 0.6 is 0 Å². The molecule has 2 aliphatic heterocycles. The lowest BCUT2D eigenvalue weighted by Gasteiger charge is -2.45. The second kappa shape index (κ2) is 9.09. The average molecular weight is 452 g/mol. The molecule has 5 heterocycles. The Morgan fingerprint density at radius 3 is 2.75 bits per heavy atom. The first-order valence-corrected chi connectivity index (χ1v) is 15.6. The fraction of sp³-hybridized carbons (Fsp3) is 0.542. The van der Waals surface area contributed by atoms with Crippen molar-refractivity contribution in [2.24, 2.45) is 0 Å². The number of piperidine rings is 1. The standard InChI is InChI=1S/C24H35N6OSi/c1-32(2,3)13-12-31-18-28-11-7-23-22(6-10-26-24(23)28)19-14-27-30(15-19)21-16-29(17-21)20-4-8-25-9-5-20/h6-7,10-11,14-15,20,25H,4-5,8-9,12-13,16-18H2,1-3H3. The second-order valence-electron chi connectivity index (χ2n) is 10.4. The Hall–Kier alpha value is -2.00. The second-order valence-corrected chi connectivity index (χ2v) is 16.0. The number of pyridine rings is 1. The van der Waals surface area contributed by atoms with Crippen LogP contribution in [0.2, 0.25) is 25.7 Å². The monoisotopic (exact) mass is 451 g/mol. The summed E-state index contributed by atoms with van der Waals surface area (Å²) < 4.78 is 10.1. The summed E-state index contributed by atoms with van der Waals surface area (Å²) in [7, 11) is -1.07. The van der Waals surface area contributed by atoms with Gasteiger partial charge in [0.1, 0.15) is 18.4 Å². The van der Waals surface area contributed by atoms with Crippen LogP contribution in [0.25, 0.3) is 22.2 Å². The largest absolute Gasteiger partial charge is 0.361 e. The number of ether oxygens (including phenoxy) is 1. The fourth-order valence-corrected chi connectivity index (χ4v) is 5.38. The van der Waals surface area contributed by atoms with Gasteiger partial charge in [-0.25, -0.2) is 4.98 Å². The maximum atomic E-state index is 5.95. The van der Waals surface area contributed by atoms with Gasteiger partial charge in [0.15, 0.2) is 0 Å². The molecule has 5 rings (SSSR count). The van der Waals surface area contributed by atoms with E-state index in [4.69, 9.17) is 4.74 Å². The predicted octanol–water partition coefficient (Wildman–Crippen LogP) is 3.66. The van der Waals surface area contributed by atoms with Crippen molar-refractivity contribution in [3.8, 4) is 11.1 Å². The first kappa shape index (κ1) is 21.8. The zero-order valence-electron chi connectivity index (χ0n) is 19.5. The zero-order valence-corrected chi connectivity index (χ0v) is 20.5. The predicted molar refractivity (Wildman–Crippen MR) is 131 cm³/mol. The molecule has 1 radical (unpaired) electrons. The quantitative estimate of drug-likeness (QED) is 0.418. The molecule has 0 amide bonds. The Kier molecular flexibility index (Phi) is 6.20. The molecule has 2 aliphatic rings. The van der Waals surface area contributed by atoms with Crippen molar-refractivity contribution in [1.29, 1.82) is 0 Å². The lowest BCUT2D eigenvalue weighted by molar-refractivity contribution is 0.0899. The van der Waals surface area contributed by atoms with Crippen LogP contribution in [0, 0.1) is 6.04 Å². The molecule has 2 fully saturated rings. The van der Waals surface area contributed by atoms with Gasteiger partial charge in [-0.05, 0) is 49.7 Å². The number of hydrogen-bond acceptors (Lipinski definition) is 5. The molecule has 32 heavy (non-hydrogen) atoms. The van der Waals surface area contributed by atoms with E-state index in [1.54, 1.807) is 0 Å². The van der Waals surface area contributed by atoms with Gasteiger partial charge in [-0.2, -0.15) is 5.10 Å². The lowest BCUT2D eigenvalue weighted by atomic mass is 9.98. The molecular weight excluding hydrogens is 416 g/mol. The van der Waals surface area contributed by atoms with E-state index < -0.39 is 8.07 Å². The van der Waals surface area contributed by atoms with Crippen LogP contribution in [0.4, 0.5) is 0 Å². The van der Waals surface area contributed by atoms with Crippen molar-refractivity contribution >= 4 is 19.1 Å². The highest BCUT2D eigenvalue weighted by molar-refractivity contribution is 6.76. The summed E-state index contributed by atoms with van der Waals surface area (Å²) in [6.07, 6.45) is 10.6. The average Bonchev–Trinajstić information content (AvgIpc) is 3.38.